The number of halogens is 2. The van der Waals surface area contributed by atoms with Crippen LogP contribution in [0.5, 0.6) is 0 Å². The Kier molecular flexibility index (Phi) is 4.43. The molecule has 2 rings (SSSR count). The third-order valence-corrected chi connectivity index (χ3v) is 3.50. The first kappa shape index (κ1) is 14.7. The van der Waals surface area contributed by atoms with Crippen LogP contribution in [0, 0.1) is 5.82 Å². The zero-order valence-electron chi connectivity index (χ0n) is 11.2. The summed E-state index contributed by atoms with van der Waals surface area (Å²) >= 11 is 3.21. The van der Waals surface area contributed by atoms with E-state index in [1.54, 1.807) is 20.0 Å². The highest BCUT2D eigenvalue weighted by Gasteiger charge is 2.24. The Morgan fingerprint density at radius 1 is 1.37 bits per heavy atom. The third kappa shape index (κ3) is 4.12. The maximum atomic E-state index is 13.8. The number of aromatic nitrogens is 1. The fraction of sp³-hybridized carbons (Fsp3) is 0.615. The van der Waals surface area contributed by atoms with Crippen molar-refractivity contribution in [3.63, 3.8) is 0 Å². The number of β-amino-alcohol motifs (C(OH)–C–C–N with tert-alkyl or cyclic N) is 1. The van der Waals surface area contributed by atoms with Gasteiger partial charge in [-0.05, 0) is 35.8 Å². The van der Waals surface area contributed by atoms with Crippen LogP contribution in [0.15, 0.2) is 16.7 Å². The lowest BCUT2D eigenvalue weighted by molar-refractivity contribution is 0.0344. The number of rotatable bonds is 3. The van der Waals surface area contributed by atoms with E-state index in [2.05, 4.69) is 25.8 Å². The van der Waals surface area contributed by atoms with Crippen LogP contribution in [0.3, 0.4) is 0 Å². The van der Waals surface area contributed by atoms with E-state index in [0.29, 0.717) is 16.8 Å². The summed E-state index contributed by atoms with van der Waals surface area (Å²) in [4.78, 5) is 8.27. The van der Waals surface area contributed by atoms with Crippen LogP contribution in [0.4, 0.5) is 10.2 Å². The Bertz CT molecular complexity index is 442. The van der Waals surface area contributed by atoms with E-state index in [1.807, 2.05) is 4.90 Å². The molecule has 0 bridgehead atoms. The third-order valence-electron chi connectivity index (χ3n) is 3.07. The Morgan fingerprint density at radius 3 is 2.53 bits per heavy atom. The number of piperazine rings is 1. The molecule has 1 aromatic heterocycles. The first-order valence-electron chi connectivity index (χ1n) is 6.36. The molecule has 0 spiro atoms. The summed E-state index contributed by atoms with van der Waals surface area (Å²) in [6, 6.07) is 1.44. The number of pyridine rings is 1. The summed E-state index contributed by atoms with van der Waals surface area (Å²) in [5.41, 5.74) is -0.691. The van der Waals surface area contributed by atoms with Gasteiger partial charge in [-0.2, -0.15) is 0 Å². The van der Waals surface area contributed by atoms with Gasteiger partial charge in [0, 0.05) is 43.4 Å². The topological polar surface area (TPSA) is 39.6 Å². The van der Waals surface area contributed by atoms with Crippen molar-refractivity contribution in [3.8, 4) is 0 Å². The molecule has 1 N–H and O–H groups in total. The highest BCUT2D eigenvalue weighted by Crippen LogP contribution is 2.21. The van der Waals surface area contributed by atoms with Gasteiger partial charge in [-0.3, -0.25) is 4.90 Å². The van der Waals surface area contributed by atoms with E-state index in [9.17, 15) is 9.50 Å². The average Bonchev–Trinajstić information content (AvgIpc) is 2.28. The molecular weight excluding hydrogens is 313 g/mol. The van der Waals surface area contributed by atoms with Crippen LogP contribution in [-0.4, -0.2) is 53.3 Å². The lowest BCUT2D eigenvalue weighted by Crippen LogP contribution is -2.50. The molecule has 1 aliphatic heterocycles. The maximum absolute atomic E-state index is 13.8. The van der Waals surface area contributed by atoms with Gasteiger partial charge in [-0.25, -0.2) is 9.37 Å². The van der Waals surface area contributed by atoms with Gasteiger partial charge < -0.3 is 10.0 Å². The predicted molar refractivity (Wildman–Crippen MR) is 76.8 cm³/mol. The predicted octanol–water partition coefficient (Wildman–Crippen LogP) is 1.88. The molecule has 0 unspecified atom stereocenters. The first-order valence-corrected chi connectivity index (χ1v) is 7.15. The zero-order valence-corrected chi connectivity index (χ0v) is 12.8. The number of hydrogen-bond donors (Lipinski definition) is 1. The van der Waals surface area contributed by atoms with Crippen molar-refractivity contribution in [2.75, 3.05) is 37.6 Å². The fourth-order valence-electron chi connectivity index (χ4n) is 2.31. The van der Waals surface area contributed by atoms with Crippen LogP contribution >= 0.6 is 15.9 Å². The molecule has 0 amide bonds. The average molecular weight is 332 g/mol. The van der Waals surface area contributed by atoms with Crippen molar-refractivity contribution >= 4 is 21.7 Å². The van der Waals surface area contributed by atoms with Crippen molar-refractivity contribution in [2.45, 2.75) is 19.4 Å². The molecule has 0 radical (unpaired) electrons. The van der Waals surface area contributed by atoms with Gasteiger partial charge in [-0.1, -0.05) is 0 Å². The molecule has 106 valence electrons. The van der Waals surface area contributed by atoms with Crippen LogP contribution in [-0.2, 0) is 0 Å². The minimum Gasteiger partial charge on any atom is -0.389 e. The molecule has 6 heteroatoms. The minimum atomic E-state index is -0.691. The van der Waals surface area contributed by atoms with Gasteiger partial charge in [0.1, 0.15) is 0 Å². The van der Waals surface area contributed by atoms with Gasteiger partial charge in [0.2, 0.25) is 0 Å². The second-order valence-electron chi connectivity index (χ2n) is 5.53. The number of anilines is 1. The Hall–Kier alpha value is -0.720. The van der Waals surface area contributed by atoms with Gasteiger partial charge >= 0.3 is 0 Å². The van der Waals surface area contributed by atoms with Crippen molar-refractivity contribution in [1.29, 1.82) is 0 Å². The second-order valence-corrected chi connectivity index (χ2v) is 6.45. The number of hydrogen-bond acceptors (Lipinski definition) is 4. The maximum Gasteiger partial charge on any atom is 0.166 e. The van der Waals surface area contributed by atoms with Crippen molar-refractivity contribution in [3.05, 3.63) is 22.6 Å². The summed E-state index contributed by atoms with van der Waals surface area (Å²) in [6.45, 7) is 7.30. The van der Waals surface area contributed by atoms with Crippen LogP contribution in [0.25, 0.3) is 0 Å². The largest absolute Gasteiger partial charge is 0.389 e. The summed E-state index contributed by atoms with van der Waals surface area (Å²) in [5.74, 6) is 0.108. The lowest BCUT2D eigenvalue weighted by atomic mass is 10.1. The van der Waals surface area contributed by atoms with E-state index in [4.69, 9.17) is 0 Å². The van der Waals surface area contributed by atoms with E-state index in [-0.39, 0.29) is 5.82 Å². The van der Waals surface area contributed by atoms with Gasteiger partial charge in [0.15, 0.2) is 11.6 Å². The summed E-state index contributed by atoms with van der Waals surface area (Å²) in [7, 11) is 0. The van der Waals surface area contributed by atoms with E-state index >= 15 is 0 Å². The zero-order chi connectivity index (χ0) is 14.0. The normalized spacial score (nSPS) is 17.8. The Labute approximate surface area is 121 Å². The summed E-state index contributed by atoms with van der Waals surface area (Å²) in [5, 5.41) is 9.79. The van der Waals surface area contributed by atoms with Gasteiger partial charge in [0.05, 0.1) is 5.60 Å². The smallest absolute Gasteiger partial charge is 0.166 e. The molecule has 0 atom stereocenters. The monoisotopic (exact) mass is 331 g/mol. The van der Waals surface area contributed by atoms with Gasteiger partial charge in [-0.15, -0.1) is 0 Å². The van der Waals surface area contributed by atoms with E-state index in [1.165, 1.54) is 6.07 Å². The number of nitrogens with zero attached hydrogens (tertiary/aromatic N) is 3. The molecule has 1 aliphatic rings. The minimum absolute atomic E-state index is 0.301. The standard InChI is InChI=1S/C13H19BrFN3O/c1-13(2,19)9-17-3-5-18(6-4-17)12-11(15)7-10(14)8-16-12/h7-8,19H,3-6,9H2,1-2H3. The molecule has 1 aromatic rings. The first-order chi connectivity index (χ1) is 8.85. The van der Waals surface area contributed by atoms with Crippen molar-refractivity contribution in [2.24, 2.45) is 0 Å². The summed E-state index contributed by atoms with van der Waals surface area (Å²) < 4.78 is 14.5. The highest BCUT2D eigenvalue weighted by molar-refractivity contribution is 9.10. The van der Waals surface area contributed by atoms with Crippen LogP contribution < -0.4 is 4.90 Å². The van der Waals surface area contributed by atoms with Crippen LogP contribution in [0.2, 0.25) is 0 Å². The SMILES string of the molecule is CC(C)(O)CN1CCN(c2ncc(Br)cc2F)CC1. The molecule has 4 nitrogen and oxygen atoms in total. The molecule has 0 saturated carbocycles. The Balaban J connectivity index is 1.96. The fourth-order valence-corrected chi connectivity index (χ4v) is 2.61. The molecule has 2 heterocycles. The number of aliphatic hydroxyl groups is 1. The lowest BCUT2D eigenvalue weighted by Gasteiger charge is -2.37. The quantitative estimate of drug-likeness (QED) is 0.917. The van der Waals surface area contributed by atoms with E-state index < -0.39 is 5.60 Å². The molecule has 0 aromatic carbocycles. The van der Waals surface area contributed by atoms with Crippen LogP contribution in [0.1, 0.15) is 13.8 Å². The van der Waals surface area contributed by atoms with Crippen molar-refractivity contribution in [1.82, 2.24) is 9.88 Å². The molecule has 0 aliphatic carbocycles. The van der Waals surface area contributed by atoms with E-state index in [0.717, 1.165) is 26.2 Å². The van der Waals surface area contributed by atoms with Crippen molar-refractivity contribution < 1.29 is 9.50 Å². The second kappa shape index (κ2) is 5.73. The Morgan fingerprint density at radius 2 is 2.00 bits per heavy atom. The molecular formula is C13H19BrFN3O. The van der Waals surface area contributed by atoms with Gasteiger partial charge in [0.25, 0.3) is 0 Å². The molecule has 1 saturated heterocycles. The molecule has 1 fully saturated rings. The molecule has 19 heavy (non-hydrogen) atoms. The summed E-state index contributed by atoms with van der Waals surface area (Å²) in [6.07, 6.45) is 1.61. The highest BCUT2D eigenvalue weighted by atomic mass is 79.9.